The van der Waals surface area contributed by atoms with Gasteiger partial charge >= 0.3 is 0 Å². The standard InChI is InChI=1S/C17H19NO2S2/c1-21-13-6-4-12(5-7-13)14(19)11-18-16(20)17(8-9-17)15-3-2-10-22-15/h2-7,10,14,19H,8-9,11H2,1H3,(H,18,20). The van der Waals surface area contributed by atoms with Gasteiger partial charge in [-0.3, -0.25) is 4.79 Å². The van der Waals surface area contributed by atoms with Crippen molar-refractivity contribution in [2.24, 2.45) is 0 Å². The summed E-state index contributed by atoms with van der Waals surface area (Å²) in [6.07, 6.45) is 3.15. The molecule has 3 rings (SSSR count). The smallest absolute Gasteiger partial charge is 0.231 e. The first-order valence-electron chi connectivity index (χ1n) is 7.30. The molecule has 22 heavy (non-hydrogen) atoms. The predicted octanol–water partition coefficient (Wildman–Crippen LogP) is 3.35. The summed E-state index contributed by atoms with van der Waals surface area (Å²) >= 11 is 3.30. The van der Waals surface area contributed by atoms with E-state index >= 15 is 0 Å². The molecule has 1 amide bonds. The molecule has 1 heterocycles. The van der Waals surface area contributed by atoms with Crippen LogP contribution in [-0.4, -0.2) is 23.8 Å². The third-order valence-corrected chi connectivity index (χ3v) is 5.95. The van der Waals surface area contributed by atoms with E-state index in [0.29, 0.717) is 0 Å². The fourth-order valence-electron chi connectivity index (χ4n) is 2.56. The molecular weight excluding hydrogens is 314 g/mol. The van der Waals surface area contributed by atoms with Gasteiger partial charge in [-0.2, -0.15) is 0 Å². The second kappa shape index (κ2) is 6.44. The third-order valence-electron chi connectivity index (χ3n) is 4.13. The van der Waals surface area contributed by atoms with E-state index in [4.69, 9.17) is 0 Å². The maximum Gasteiger partial charge on any atom is 0.231 e. The Morgan fingerprint density at radius 1 is 1.36 bits per heavy atom. The van der Waals surface area contributed by atoms with Gasteiger partial charge in [0.1, 0.15) is 0 Å². The Morgan fingerprint density at radius 3 is 2.64 bits per heavy atom. The molecule has 0 saturated heterocycles. The molecule has 1 aromatic heterocycles. The molecule has 1 saturated carbocycles. The Labute approximate surface area is 138 Å². The number of aliphatic hydroxyl groups is 1. The molecule has 0 bridgehead atoms. The van der Waals surface area contributed by atoms with Crippen molar-refractivity contribution in [1.82, 2.24) is 5.32 Å². The highest BCUT2D eigenvalue weighted by Crippen LogP contribution is 2.50. The summed E-state index contributed by atoms with van der Waals surface area (Å²) in [6.45, 7) is 0.255. The molecule has 1 aromatic carbocycles. The van der Waals surface area contributed by atoms with Gasteiger partial charge in [-0.15, -0.1) is 23.1 Å². The Bertz CT molecular complexity index is 633. The van der Waals surface area contributed by atoms with E-state index in [9.17, 15) is 9.90 Å². The number of nitrogens with one attached hydrogen (secondary N) is 1. The molecule has 0 spiro atoms. The van der Waals surface area contributed by atoms with Crippen molar-refractivity contribution in [3.05, 3.63) is 52.2 Å². The molecule has 1 unspecified atom stereocenters. The van der Waals surface area contributed by atoms with E-state index < -0.39 is 6.10 Å². The monoisotopic (exact) mass is 333 g/mol. The van der Waals surface area contributed by atoms with E-state index in [2.05, 4.69) is 5.32 Å². The molecule has 5 heteroatoms. The van der Waals surface area contributed by atoms with E-state index in [1.807, 2.05) is 48.0 Å². The van der Waals surface area contributed by atoms with Crippen molar-refractivity contribution < 1.29 is 9.90 Å². The largest absolute Gasteiger partial charge is 0.387 e. The van der Waals surface area contributed by atoms with Crippen LogP contribution in [0.4, 0.5) is 0 Å². The topological polar surface area (TPSA) is 49.3 Å². The van der Waals surface area contributed by atoms with E-state index in [1.54, 1.807) is 23.1 Å². The molecule has 3 nitrogen and oxygen atoms in total. The molecule has 1 fully saturated rings. The molecule has 116 valence electrons. The van der Waals surface area contributed by atoms with Crippen LogP contribution in [0, 0.1) is 0 Å². The van der Waals surface area contributed by atoms with Crippen LogP contribution in [0.1, 0.15) is 29.4 Å². The second-order valence-electron chi connectivity index (χ2n) is 5.56. The summed E-state index contributed by atoms with van der Waals surface area (Å²) in [7, 11) is 0. The summed E-state index contributed by atoms with van der Waals surface area (Å²) < 4.78 is 0. The van der Waals surface area contributed by atoms with Crippen LogP contribution in [-0.2, 0) is 10.2 Å². The van der Waals surface area contributed by atoms with Gasteiger partial charge in [0, 0.05) is 16.3 Å². The van der Waals surface area contributed by atoms with Gasteiger partial charge < -0.3 is 10.4 Å². The number of aliphatic hydroxyl groups excluding tert-OH is 1. The lowest BCUT2D eigenvalue weighted by Crippen LogP contribution is -2.36. The number of thiophene rings is 1. The number of thioether (sulfide) groups is 1. The molecule has 1 aliphatic carbocycles. The van der Waals surface area contributed by atoms with Gasteiger partial charge in [0.25, 0.3) is 0 Å². The number of amides is 1. The van der Waals surface area contributed by atoms with Crippen LogP contribution < -0.4 is 5.32 Å². The molecule has 0 aliphatic heterocycles. The second-order valence-corrected chi connectivity index (χ2v) is 7.39. The van der Waals surface area contributed by atoms with Crippen molar-refractivity contribution in [2.75, 3.05) is 12.8 Å². The highest BCUT2D eigenvalue weighted by Gasteiger charge is 2.51. The Balaban J connectivity index is 1.59. The van der Waals surface area contributed by atoms with Crippen molar-refractivity contribution in [3.63, 3.8) is 0 Å². The highest BCUT2D eigenvalue weighted by atomic mass is 32.2. The first-order chi connectivity index (χ1) is 10.7. The van der Waals surface area contributed by atoms with Gasteiger partial charge in [-0.1, -0.05) is 18.2 Å². The zero-order chi connectivity index (χ0) is 15.6. The molecule has 0 radical (unpaired) electrons. The van der Waals surface area contributed by atoms with Crippen molar-refractivity contribution in [2.45, 2.75) is 29.3 Å². The zero-order valence-electron chi connectivity index (χ0n) is 12.4. The fraction of sp³-hybridized carbons (Fsp3) is 0.353. The van der Waals surface area contributed by atoms with Gasteiger partial charge in [-0.05, 0) is 48.2 Å². The van der Waals surface area contributed by atoms with Crippen LogP contribution in [0.2, 0.25) is 0 Å². The van der Waals surface area contributed by atoms with Gasteiger partial charge in [0.15, 0.2) is 0 Å². The van der Waals surface area contributed by atoms with Crippen LogP contribution in [0.3, 0.4) is 0 Å². The van der Waals surface area contributed by atoms with E-state index in [0.717, 1.165) is 28.2 Å². The van der Waals surface area contributed by atoms with Crippen LogP contribution >= 0.6 is 23.1 Å². The minimum absolute atomic E-state index is 0.0368. The molecular formula is C17H19NO2S2. The number of hydrogen-bond acceptors (Lipinski definition) is 4. The van der Waals surface area contributed by atoms with Crippen molar-refractivity contribution >= 4 is 29.0 Å². The summed E-state index contributed by atoms with van der Waals surface area (Å²) in [5.74, 6) is 0.0368. The fourth-order valence-corrected chi connectivity index (χ4v) is 3.96. The number of hydrogen-bond donors (Lipinski definition) is 2. The SMILES string of the molecule is CSc1ccc(C(O)CNC(=O)C2(c3cccs3)CC2)cc1. The summed E-state index contributed by atoms with van der Waals surface area (Å²) in [5, 5.41) is 15.1. The summed E-state index contributed by atoms with van der Waals surface area (Å²) in [4.78, 5) is 14.7. The quantitative estimate of drug-likeness (QED) is 0.797. The molecule has 2 aromatic rings. The summed E-state index contributed by atoms with van der Waals surface area (Å²) in [5.41, 5.74) is 0.496. The first kappa shape index (κ1) is 15.6. The lowest BCUT2D eigenvalue weighted by Gasteiger charge is -2.17. The van der Waals surface area contributed by atoms with Gasteiger partial charge in [0.05, 0.1) is 11.5 Å². The first-order valence-corrected chi connectivity index (χ1v) is 9.40. The Hall–Kier alpha value is -1.30. The maximum absolute atomic E-state index is 12.4. The van der Waals surface area contributed by atoms with Crippen molar-refractivity contribution in [1.29, 1.82) is 0 Å². The van der Waals surface area contributed by atoms with Crippen LogP contribution in [0.15, 0.2) is 46.7 Å². The van der Waals surface area contributed by atoms with E-state index in [-0.39, 0.29) is 17.9 Å². The lowest BCUT2D eigenvalue weighted by atomic mass is 10.0. The lowest BCUT2D eigenvalue weighted by molar-refractivity contribution is -0.124. The normalized spacial score (nSPS) is 17.0. The van der Waals surface area contributed by atoms with Crippen LogP contribution in [0.5, 0.6) is 0 Å². The zero-order valence-corrected chi connectivity index (χ0v) is 14.0. The molecule has 1 aliphatic rings. The van der Waals surface area contributed by atoms with Gasteiger partial charge in [0.2, 0.25) is 5.91 Å². The minimum atomic E-state index is -0.668. The predicted molar refractivity (Wildman–Crippen MR) is 91.4 cm³/mol. The number of carbonyl (C=O) groups excluding carboxylic acids is 1. The average molecular weight is 333 g/mol. The van der Waals surface area contributed by atoms with Gasteiger partial charge in [-0.25, -0.2) is 0 Å². The van der Waals surface area contributed by atoms with Crippen molar-refractivity contribution in [3.8, 4) is 0 Å². The highest BCUT2D eigenvalue weighted by molar-refractivity contribution is 7.98. The number of benzene rings is 1. The minimum Gasteiger partial charge on any atom is -0.387 e. The third kappa shape index (κ3) is 3.07. The Kier molecular flexibility index (Phi) is 4.57. The average Bonchev–Trinajstić information content (AvgIpc) is 3.19. The van der Waals surface area contributed by atoms with Crippen LogP contribution in [0.25, 0.3) is 0 Å². The Morgan fingerprint density at radius 2 is 2.09 bits per heavy atom. The number of carbonyl (C=O) groups is 1. The van der Waals surface area contributed by atoms with E-state index in [1.165, 1.54) is 0 Å². The summed E-state index contributed by atoms with van der Waals surface area (Å²) in [6, 6.07) is 11.8. The maximum atomic E-state index is 12.4. The molecule has 1 atom stereocenters. The number of rotatable bonds is 6. The molecule has 2 N–H and O–H groups in total.